The minimum atomic E-state index is 0.230. The standard InChI is InChI=1S/C17H21N3S/c1-11(2)8-18-16-15-14(9-21-17(15)20-10-19-16)13-6-4-12(3)5-7-13/h4-7,9-11,15,17H,8H2,1-3H3,(H,18,19,20)/t15-,17+/m0/s1. The van der Waals surface area contributed by atoms with Gasteiger partial charge >= 0.3 is 0 Å². The molecule has 2 heterocycles. The Morgan fingerprint density at radius 1 is 1.29 bits per heavy atom. The second kappa shape index (κ2) is 6.06. The van der Waals surface area contributed by atoms with Gasteiger partial charge in [0, 0.05) is 6.54 Å². The number of nitrogens with one attached hydrogen (secondary N) is 1. The second-order valence-electron chi connectivity index (χ2n) is 5.99. The van der Waals surface area contributed by atoms with Crippen LogP contribution in [-0.2, 0) is 0 Å². The van der Waals surface area contributed by atoms with Gasteiger partial charge in [0.2, 0.25) is 0 Å². The van der Waals surface area contributed by atoms with Gasteiger partial charge in [0.25, 0.3) is 0 Å². The molecule has 3 nitrogen and oxygen atoms in total. The molecule has 1 aromatic carbocycles. The zero-order valence-corrected chi connectivity index (χ0v) is 13.5. The van der Waals surface area contributed by atoms with Crippen LogP contribution >= 0.6 is 11.8 Å². The van der Waals surface area contributed by atoms with Crippen molar-refractivity contribution in [3.8, 4) is 0 Å². The molecule has 3 rings (SSSR count). The zero-order chi connectivity index (χ0) is 14.8. The Kier molecular flexibility index (Phi) is 4.15. The number of rotatable bonds is 3. The van der Waals surface area contributed by atoms with Gasteiger partial charge in [0.15, 0.2) is 0 Å². The largest absolute Gasteiger partial charge is 0.335 e. The smallest absolute Gasteiger partial charge is 0.115 e. The van der Waals surface area contributed by atoms with E-state index in [0.29, 0.717) is 5.92 Å². The summed E-state index contributed by atoms with van der Waals surface area (Å²) in [4.78, 5) is 9.33. The molecule has 0 unspecified atom stereocenters. The number of aliphatic imine (C=N–C) groups is 2. The summed E-state index contributed by atoms with van der Waals surface area (Å²) in [5, 5.41) is 5.74. The highest BCUT2D eigenvalue weighted by atomic mass is 32.2. The van der Waals surface area contributed by atoms with Crippen molar-refractivity contribution in [3.63, 3.8) is 0 Å². The van der Waals surface area contributed by atoms with Crippen LogP contribution in [0.3, 0.4) is 0 Å². The van der Waals surface area contributed by atoms with Gasteiger partial charge in [-0.2, -0.15) is 0 Å². The van der Waals surface area contributed by atoms with E-state index in [-0.39, 0.29) is 11.3 Å². The SMILES string of the molecule is Cc1ccc(C2=CS[C@H]3N=CNC(=NCC(C)C)[C@H]23)cc1. The first-order valence-corrected chi connectivity index (χ1v) is 8.34. The topological polar surface area (TPSA) is 36.8 Å². The quantitative estimate of drug-likeness (QED) is 0.923. The average Bonchev–Trinajstić information content (AvgIpc) is 2.90. The van der Waals surface area contributed by atoms with Gasteiger partial charge in [-0.15, -0.1) is 11.8 Å². The predicted octanol–water partition coefficient (Wildman–Crippen LogP) is 3.71. The highest BCUT2D eigenvalue weighted by Crippen LogP contribution is 2.43. The lowest BCUT2D eigenvalue weighted by Gasteiger charge is -2.25. The Morgan fingerprint density at radius 3 is 2.76 bits per heavy atom. The molecule has 0 aromatic heterocycles. The molecule has 0 bridgehead atoms. The van der Waals surface area contributed by atoms with E-state index >= 15 is 0 Å². The van der Waals surface area contributed by atoms with E-state index in [1.54, 1.807) is 18.1 Å². The van der Waals surface area contributed by atoms with Crippen molar-refractivity contribution in [3.05, 3.63) is 40.8 Å². The highest BCUT2D eigenvalue weighted by Gasteiger charge is 2.36. The normalized spacial score (nSPS) is 25.9. The summed E-state index contributed by atoms with van der Waals surface area (Å²) >= 11 is 1.79. The lowest BCUT2D eigenvalue weighted by molar-refractivity contribution is 0.656. The zero-order valence-electron chi connectivity index (χ0n) is 12.7. The van der Waals surface area contributed by atoms with Gasteiger partial charge in [-0.05, 0) is 29.4 Å². The molecule has 2 atom stereocenters. The Balaban J connectivity index is 1.90. The Morgan fingerprint density at radius 2 is 2.05 bits per heavy atom. The maximum atomic E-state index is 4.78. The second-order valence-corrected chi connectivity index (χ2v) is 6.98. The Bertz CT molecular complexity index is 599. The Labute approximate surface area is 130 Å². The van der Waals surface area contributed by atoms with Crippen LogP contribution in [0, 0.1) is 18.8 Å². The number of thioether (sulfide) groups is 1. The molecule has 2 aliphatic heterocycles. The molecular weight excluding hydrogens is 278 g/mol. The third-order valence-electron chi connectivity index (χ3n) is 3.69. The van der Waals surface area contributed by atoms with Gasteiger partial charge in [0.1, 0.15) is 11.2 Å². The predicted molar refractivity (Wildman–Crippen MR) is 92.8 cm³/mol. The highest BCUT2D eigenvalue weighted by molar-refractivity contribution is 8.03. The van der Waals surface area contributed by atoms with Gasteiger partial charge in [0.05, 0.1) is 12.3 Å². The molecule has 0 amide bonds. The van der Waals surface area contributed by atoms with Crippen molar-refractivity contribution in [2.75, 3.05) is 6.54 Å². The molecule has 0 saturated heterocycles. The molecule has 0 fully saturated rings. The first-order valence-electron chi connectivity index (χ1n) is 7.40. The van der Waals surface area contributed by atoms with E-state index in [4.69, 9.17) is 4.99 Å². The number of fused-ring (bicyclic) bond motifs is 1. The van der Waals surface area contributed by atoms with E-state index in [9.17, 15) is 0 Å². The number of benzene rings is 1. The van der Waals surface area contributed by atoms with Crippen LogP contribution in [-0.4, -0.2) is 24.1 Å². The number of nitrogens with zero attached hydrogens (tertiary/aromatic N) is 2. The Hall–Kier alpha value is -1.55. The maximum absolute atomic E-state index is 4.78. The van der Waals surface area contributed by atoms with Crippen molar-refractivity contribution in [1.82, 2.24) is 5.32 Å². The summed E-state index contributed by atoms with van der Waals surface area (Å²) in [5.74, 6) is 1.87. The van der Waals surface area contributed by atoms with Crippen LogP contribution in [0.4, 0.5) is 0 Å². The molecule has 0 saturated carbocycles. The van der Waals surface area contributed by atoms with E-state index in [2.05, 4.69) is 60.8 Å². The van der Waals surface area contributed by atoms with E-state index in [0.717, 1.165) is 12.4 Å². The summed E-state index contributed by atoms with van der Waals surface area (Å²) in [6.45, 7) is 7.36. The summed E-state index contributed by atoms with van der Waals surface area (Å²) in [7, 11) is 0. The summed E-state index contributed by atoms with van der Waals surface area (Å²) in [6.07, 6.45) is 1.79. The van der Waals surface area contributed by atoms with E-state index in [1.165, 1.54) is 16.7 Å². The van der Waals surface area contributed by atoms with Crippen molar-refractivity contribution in [2.24, 2.45) is 21.8 Å². The van der Waals surface area contributed by atoms with Gasteiger partial charge in [-0.25, -0.2) is 0 Å². The first kappa shape index (κ1) is 14.4. The fourth-order valence-corrected chi connectivity index (χ4v) is 3.67. The van der Waals surface area contributed by atoms with Crippen LogP contribution in [0.25, 0.3) is 5.57 Å². The molecule has 110 valence electrons. The molecule has 0 spiro atoms. The van der Waals surface area contributed by atoms with Gasteiger partial charge in [-0.3, -0.25) is 9.98 Å². The van der Waals surface area contributed by atoms with Crippen LogP contribution in [0.15, 0.2) is 39.7 Å². The number of amidine groups is 1. The molecule has 2 aliphatic rings. The third-order valence-corrected chi connectivity index (χ3v) is 4.76. The summed E-state index contributed by atoms with van der Waals surface area (Å²) in [5.41, 5.74) is 3.89. The molecule has 0 radical (unpaired) electrons. The van der Waals surface area contributed by atoms with Gasteiger partial charge in [-0.1, -0.05) is 43.7 Å². The number of hydrogen-bond donors (Lipinski definition) is 1. The molecule has 21 heavy (non-hydrogen) atoms. The minimum Gasteiger partial charge on any atom is -0.335 e. The van der Waals surface area contributed by atoms with Crippen molar-refractivity contribution in [2.45, 2.75) is 26.1 Å². The maximum Gasteiger partial charge on any atom is 0.115 e. The van der Waals surface area contributed by atoms with E-state index < -0.39 is 0 Å². The van der Waals surface area contributed by atoms with Crippen LogP contribution in [0.2, 0.25) is 0 Å². The molecule has 1 N–H and O–H groups in total. The summed E-state index contributed by atoms with van der Waals surface area (Å²) in [6, 6.07) is 8.72. The lowest BCUT2D eigenvalue weighted by atomic mass is 9.91. The van der Waals surface area contributed by atoms with Crippen molar-refractivity contribution < 1.29 is 0 Å². The number of hydrogen-bond acceptors (Lipinski definition) is 3. The van der Waals surface area contributed by atoms with Crippen molar-refractivity contribution in [1.29, 1.82) is 0 Å². The third kappa shape index (κ3) is 3.05. The van der Waals surface area contributed by atoms with Crippen LogP contribution < -0.4 is 5.32 Å². The monoisotopic (exact) mass is 299 g/mol. The first-order chi connectivity index (χ1) is 10.1. The fourth-order valence-electron chi connectivity index (χ4n) is 2.54. The molecule has 0 aliphatic carbocycles. The lowest BCUT2D eigenvalue weighted by Crippen LogP contribution is -2.39. The summed E-state index contributed by atoms with van der Waals surface area (Å²) < 4.78 is 0. The minimum absolute atomic E-state index is 0.230. The van der Waals surface area contributed by atoms with Crippen LogP contribution in [0.1, 0.15) is 25.0 Å². The fraction of sp³-hybridized carbons (Fsp3) is 0.412. The molecule has 4 heteroatoms. The van der Waals surface area contributed by atoms with Crippen molar-refractivity contribution >= 4 is 29.5 Å². The van der Waals surface area contributed by atoms with Crippen LogP contribution in [0.5, 0.6) is 0 Å². The number of aryl methyl sites for hydroxylation is 1. The molecular formula is C17H21N3S. The van der Waals surface area contributed by atoms with E-state index in [1.807, 2.05) is 0 Å². The molecule has 1 aromatic rings. The average molecular weight is 299 g/mol. The van der Waals surface area contributed by atoms with Gasteiger partial charge < -0.3 is 5.32 Å².